The molecule has 0 bridgehead atoms. The van der Waals surface area contributed by atoms with E-state index in [1.807, 2.05) is 36.4 Å². The Hall–Kier alpha value is -2.49. The average Bonchev–Trinajstić information content (AvgIpc) is 2.60. The summed E-state index contributed by atoms with van der Waals surface area (Å²) in [4.78, 5) is 12.0. The Morgan fingerprint density at radius 2 is 2.09 bits per heavy atom. The lowest BCUT2D eigenvalue weighted by Crippen LogP contribution is -2.25. The molecule has 1 N–H and O–H groups in total. The van der Waals surface area contributed by atoms with Gasteiger partial charge in [0, 0.05) is 18.5 Å². The summed E-state index contributed by atoms with van der Waals surface area (Å²) in [7, 11) is 3.32. The molecule has 0 spiro atoms. The molecule has 2 aromatic carbocycles. The van der Waals surface area contributed by atoms with Gasteiger partial charge in [0.05, 0.1) is 13.7 Å². The molecular weight excluding hydrogens is 290 g/mol. The van der Waals surface area contributed by atoms with Crippen molar-refractivity contribution >= 4 is 5.91 Å². The van der Waals surface area contributed by atoms with E-state index in [1.54, 1.807) is 14.2 Å². The molecule has 1 atom stereocenters. The van der Waals surface area contributed by atoms with E-state index in [1.165, 1.54) is 0 Å². The molecule has 0 saturated heterocycles. The van der Waals surface area contributed by atoms with Crippen LogP contribution in [0.3, 0.4) is 0 Å². The minimum absolute atomic E-state index is 0.0422. The summed E-state index contributed by atoms with van der Waals surface area (Å²) in [6.45, 7) is 0.634. The van der Waals surface area contributed by atoms with Gasteiger partial charge in [-0.25, -0.2) is 0 Å². The van der Waals surface area contributed by atoms with Crippen molar-refractivity contribution in [1.29, 1.82) is 0 Å². The van der Waals surface area contributed by atoms with Crippen LogP contribution in [0, 0.1) is 5.92 Å². The van der Waals surface area contributed by atoms with Crippen molar-refractivity contribution < 1.29 is 14.3 Å². The van der Waals surface area contributed by atoms with Crippen LogP contribution >= 0.6 is 0 Å². The van der Waals surface area contributed by atoms with E-state index in [9.17, 15) is 4.79 Å². The maximum atomic E-state index is 12.0. The first-order valence-corrected chi connectivity index (χ1v) is 7.81. The lowest BCUT2D eigenvalue weighted by Gasteiger charge is -2.27. The van der Waals surface area contributed by atoms with Gasteiger partial charge < -0.3 is 14.8 Å². The van der Waals surface area contributed by atoms with Crippen LogP contribution in [0.25, 0.3) is 0 Å². The van der Waals surface area contributed by atoms with Crippen LogP contribution in [0.5, 0.6) is 11.5 Å². The van der Waals surface area contributed by atoms with E-state index in [4.69, 9.17) is 9.47 Å². The zero-order chi connectivity index (χ0) is 16.2. The van der Waals surface area contributed by atoms with Crippen molar-refractivity contribution in [3.63, 3.8) is 0 Å². The van der Waals surface area contributed by atoms with Gasteiger partial charge in [0.25, 0.3) is 5.91 Å². The summed E-state index contributed by atoms with van der Waals surface area (Å²) in [5.74, 6) is 1.94. The molecule has 0 fully saturated rings. The molecule has 1 heterocycles. The van der Waals surface area contributed by atoms with E-state index in [0.717, 1.165) is 41.0 Å². The first kappa shape index (κ1) is 15.4. The largest absolute Gasteiger partial charge is 0.493 e. The first-order chi connectivity index (χ1) is 11.2. The Labute approximate surface area is 136 Å². The van der Waals surface area contributed by atoms with Gasteiger partial charge in [-0.3, -0.25) is 4.79 Å². The number of hydrogen-bond acceptors (Lipinski definition) is 3. The van der Waals surface area contributed by atoms with Crippen LogP contribution in [0.15, 0.2) is 42.5 Å². The third-order valence-electron chi connectivity index (χ3n) is 4.25. The second-order valence-corrected chi connectivity index (χ2v) is 5.77. The van der Waals surface area contributed by atoms with Crippen molar-refractivity contribution in [1.82, 2.24) is 5.32 Å². The zero-order valence-corrected chi connectivity index (χ0v) is 13.5. The number of hydrogen-bond donors (Lipinski definition) is 1. The molecule has 0 saturated carbocycles. The van der Waals surface area contributed by atoms with Crippen LogP contribution in [0.4, 0.5) is 0 Å². The number of ether oxygens (including phenoxy) is 2. The molecule has 0 aromatic heterocycles. The summed E-state index contributed by atoms with van der Waals surface area (Å²) in [6, 6.07) is 13.7. The highest BCUT2D eigenvalue weighted by Gasteiger charge is 2.24. The van der Waals surface area contributed by atoms with Crippen molar-refractivity contribution in [3.8, 4) is 11.5 Å². The van der Waals surface area contributed by atoms with Gasteiger partial charge in [0.1, 0.15) is 0 Å². The number of fused-ring (bicyclic) bond motifs is 1. The van der Waals surface area contributed by atoms with Gasteiger partial charge in [-0.05, 0) is 36.1 Å². The topological polar surface area (TPSA) is 47.6 Å². The number of methoxy groups -OCH3 is 1. The molecule has 120 valence electrons. The number of rotatable bonds is 4. The smallest absolute Gasteiger partial charge is 0.251 e. The minimum Gasteiger partial charge on any atom is -0.493 e. The summed E-state index contributed by atoms with van der Waals surface area (Å²) in [6.07, 6.45) is 1.74. The molecular formula is C19H21NO3. The quantitative estimate of drug-likeness (QED) is 0.944. The van der Waals surface area contributed by atoms with Crippen LogP contribution < -0.4 is 14.8 Å². The fourth-order valence-corrected chi connectivity index (χ4v) is 3.11. The number of carbonyl (C=O) groups is 1. The van der Waals surface area contributed by atoms with E-state index >= 15 is 0 Å². The third kappa shape index (κ3) is 3.16. The third-order valence-corrected chi connectivity index (χ3v) is 4.25. The summed E-state index contributed by atoms with van der Waals surface area (Å²) in [5, 5.41) is 2.70. The average molecular weight is 311 g/mol. The van der Waals surface area contributed by atoms with Gasteiger partial charge in [0.2, 0.25) is 0 Å². The van der Waals surface area contributed by atoms with Crippen LogP contribution in [-0.4, -0.2) is 26.7 Å². The number of nitrogens with one attached hydrogen (secondary N) is 1. The maximum absolute atomic E-state index is 12.0. The van der Waals surface area contributed by atoms with Gasteiger partial charge >= 0.3 is 0 Å². The fourth-order valence-electron chi connectivity index (χ4n) is 3.11. The second kappa shape index (κ2) is 6.73. The Balaban J connectivity index is 1.79. The maximum Gasteiger partial charge on any atom is 0.251 e. The Morgan fingerprint density at radius 1 is 1.26 bits per heavy atom. The Morgan fingerprint density at radius 3 is 2.87 bits per heavy atom. The monoisotopic (exact) mass is 311 g/mol. The molecule has 1 amide bonds. The molecule has 0 aliphatic carbocycles. The predicted molar refractivity (Wildman–Crippen MR) is 89.2 cm³/mol. The zero-order valence-electron chi connectivity index (χ0n) is 13.5. The highest BCUT2D eigenvalue weighted by molar-refractivity contribution is 5.95. The van der Waals surface area contributed by atoms with E-state index < -0.39 is 0 Å². The standard InChI is InChI=1S/C19H21NO3/c1-20-19(21)16-8-4-3-6-14(16)10-13-11-15-7-5-9-17(22-2)18(15)23-12-13/h3-9,13H,10-12H2,1-2H3,(H,20,21)/t13-/m1/s1. The van der Waals surface area contributed by atoms with E-state index in [-0.39, 0.29) is 5.91 Å². The normalized spacial score (nSPS) is 16.2. The Kier molecular flexibility index (Phi) is 4.51. The number of carbonyl (C=O) groups excluding carboxylic acids is 1. The van der Waals surface area contributed by atoms with Gasteiger partial charge in [-0.2, -0.15) is 0 Å². The highest BCUT2D eigenvalue weighted by Crippen LogP contribution is 2.36. The lowest BCUT2D eigenvalue weighted by atomic mass is 9.89. The molecule has 4 heteroatoms. The molecule has 0 radical (unpaired) electrons. The summed E-state index contributed by atoms with van der Waals surface area (Å²) >= 11 is 0. The van der Waals surface area contributed by atoms with Crippen molar-refractivity contribution in [2.24, 2.45) is 5.92 Å². The summed E-state index contributed by atoms with van der Waals surface area (Å²) < 4.78 is 11.3. The highest BCUT2D eigenvalue weighted by atomic mass is 16.5. The molecule has 2 aromatic rings. The van der Waals surface area contributed by atoms with Gasteiger partial charge in [-0.1, -0.05) is 30.3 Å². The molecule has 3 rings (SSSR count). The van der Waals surface area contributed by atoms with E-state index in [2.05, 4.69) is 11.4 Å². The van der Waals surface area contributed by atoms with Crippen molar-refractivity contribution in [2.45, 2.75) is 12.8 Å². The van der Waals surface area contributed by atoms with Crippen LogP contribution in [-0.2, 0) is 12.8 Å². The number of benzene rings is 2. The molecule has 1 aliphatic heterocycles. The minimum atomic E-state index is -0.0422. The van der Waals surface area contributed by atoms with Crippen LogP contribution in [0.1, 0.15) is 21.5 Å². The lowest BCUT2D eigenvalue weighted by molar-refractivity contribution is 0.0961. The molecule has 0 unspecified atom stereocenters. The number of amides is 1. The molecule has 1 aliphatic rings. The fraction of sp³-hybridized carbons (Fsp3) is 0.316. The molecule has 23 heavy (non-hydrogen) atoms. The van der Waals surface area contributed by atoms with Crippen molar-refractivity contribution in [2.75, 3.05) is 20.8 Å². The Bertz CT molecular complexity index is 712. The number of para-hydroxylation sites is 1. The van der Waals surface area contributed by atoms with Gasteiger partial charge in [-0.15, -0.1) is 0 Å². The van der Waals surface area contributed by atoms with E-state index in [0.29, 0.717) is 12.5 Å². The first-order valence-electron chi connectivity index (χ1n) is 7.81. The second-order valence-electron chi connectivity index (χ2n) is 5.77. The summed E-state index contributed by atoms with van der Waals surface area (Å²) in [5.41, 5.74) is 2.97. The SMILES string of the molecule is CNC(=O)c1ccccc1C[C@H]1COc2c(cccc2OC)C1. The molecule has 4 nitrogen and oxygen atoms in total. The van der Waals surface area contributed by atoms with Crippen LogP contribution in [0.2, 0.25) is 0 Å². The predicted octanol–water partition coefficient (Wildman–Crippen LogP) is 2.85. The van der Waals surface area contributed by atoms with Crippen molar-refractivity contribution in [3.05, 3.63) is 59.2 Å². The van der Waals surface area contributed by atoms with Gasteiger partial charge in [0.15, 0.2) is 11.5 Å².